The van der Waals surface area contributed by atoms with Crippen LogP contribution in [0.4, 0.5) is 0 Å². The molecule has 2 N–H and O–H groups in total. The van der Waals surface area contributed by atoms with Gasteiger partial charge in [-0.2, -0.15) is 0 Å². The van der Waals surface area contributed by atoms with Gasteiger partial charge >= 0.3 is 0 Å². The fourth-order valence-corrected chi connectivity index (χ4v) is 5.31. The van der Waals surface area contributed by atoms with E-state index in [-0.39, 0.29) is 5.41 Å². The second-order valence-corrected chi connectivity index (χ2v) is 7.22. The van der Waals surface area contributed by atoms with E-state index in [1.54, 1.807) is 0 Å². The molecule has 0 radical (unpaired) electrons. The van der Waals surface area contributed by atoms with Crippen LogP contribution in [0.5, 0.6) is 0 Å². The summed E-state index contributed by atoms with van der Waals surface area (Å²) in [4.78, 5) is 0. The topological polar surface area (TPSA) is 64.9 Å². The van der Waals surface area contributed by atoms with E-state index in [9.17, 15) is 0 Å². The minimum atomic E-state index is 0.251. The second-order valence-electron chi connectivity index (χ2n) is 7.22. The molecule has 0 atom stereocenters. The van der Waals surface area contributed by atoms with Crippen molar-refractivity contribution in [1.82, 2.24) is 10.2 Å². The minimum absolute atomic E-state index is 0.251. The van der Waals surface area contributed by atoms with Crippen molar-refractivity contribution < 1.29 is 4.42 Å². The lowest BCUT2D eigenvalue weighted by Gasteiger charge is -2.57. The van der Waals surface area contributed by atoms with Crippen molar-refractivity contribution in [1.29, 1.82) is 0 Å². The van der Waals surface area contributed by atoms with Gasteiger partial charge in [-0.05, 0) is 56.3 Å². The number of aromatic nitrogens is 2. The highest BCUT2D eigenvalue weighted by Crippen LogP contribution is 2.63. The van der Waals surface area contributed by atoms with Crippen LogP contribution < -0.4 is 5.73 Å². The predicted octanol–water partition coefficient (Wildman–Crippen LogP) is 2.80. The van der Waals surface area contributed by atoms with Crippen LogP contribution in [0, 0.1) is 23.2 Å². The first-order chi connectivity index (χ1) is 9.68. The summed E-state index contributed by atoms with van der Waals surface area (Å²) >= 11 is 0. The van der Waals surface area contributed by atoms with E-state index in [1.165, 1.54) is 38.5 Å². The Labute approximate surface area is 119 Å². The molecule has 5 rings (SSSR count). The van der Waals surface area contributed by atoms with Crippen LogP contribution in [-0.4, -0.2) is 16.7 Å². The van der Waals surface area contributed by atoms with Crippen molar-refractivity contribution in [3.63, 3.8) is 0 Å². The smallest absolute Gasteiger partial charge is 0.243 e. The van der Waals surface area contributed by atoms with E-state index < -0.39 is 0 Å². The molecule has 0 amide bonds. The lowest BCUT2D eigenvalue weighted by molar-refractivity contribution is -0.0185. The third-order valence-corrected chi connectivity index (χ3v) is 5.76. The average Bonchev–Trinajstić information content (AvgIpc) is 2.85. The molecule has 108 valence electrons. The highest BCUT2D eigenvalue weighted by molar-refractivity contribution is 5.62. The molecule has 0 unspecified atom stereocenters. The molecule has 1 heterocycles. The van der Waals surface area contributed by atoms with Gasteiger partial charge in [0.2, 0.25) is 11.8 Å². The summed E-state index contributed by atoms with van der Waals surface area (Å²) < 4.78 is 5.77. The van der Waals surface area contributed by atoms with Gasteiger partial charge in [0.25, 0.3) is 0 Å². The van der Waals surface area contributed by atoms with Crippen molar-refractivity contribution in [3.05, 3.63) is 18.4 Å². The van der Waals surface area contributed by atoms with Gasteiger partial charge in [-0.3, -0.25) is 0 Å². The van der Waals surface area contributed by atoms with E-state index in [0.29, 0.717) is 24.7 Å². The van der Waals surface area contributed by atoms with Gasteiger partial charge in [-0.1, -0.05) is 6.58 Å². The molecule has 20 heavy (non-hydrogen) atoms. The van der Waals surface area contributed by atoms with Crippen LogP contribution in [0.3, 0.4) is 0 Å². The fourth-order valence-electron chi connectivity index (χ4n) is 5.31. The Morgan fingerprint density at radius 3 is 2.30 bits per heavy atom. The molecular weight excluding hydrogens is 250 g/mol. The normalized spacial score (nSPS) is 38.4. The summed E-state index contributed by atoms with van der Waals surface area (Å²) in [6.45, 7) is 4.91. The Hall–Kier alpha value is -1.16. The van der Waals surface area contributed by atoms with Crippen molar-refractivity contribution in [3.8, 4) is 0 Å². The van der Waals surface area contributed by atoms with Gasteiger partial charge in [0.15, 0.2) is 0 Å². The molecule has 4 saturated carbocycles. The predicted molar refractivity (Wildman–Crippen MR) is 76.7 cm³/mol. The molecule has 4 nitrogen and oxygen atoms in total. The Bertz CT molecular complexity index is 498. The van der Waals surface area contributed by atoms with Crippen molar-refractivity contribution in [2.75, 3.05) is 6.54 Å². The van der Waals surface area contributed by atoms with Gasteiger partial charge < -0.3 is 10.2 Å². The van der Waals surface area contributed by atoms with E-state index in [4.69, 9.17) is 10.2 Å². The molecule has 0 spiro atoms. The average molecular weight is 273 g/mol. The summed E-state index contributed by atoms with van der Waals surface area (Å²) in [7, 11) is 0. The summed E-state index contributed by atoms with van der Waals surface area (Å²) in [5.41, 5.74) is 6.90. The maximum Gasteiger partial charge on any atom is 0.243 e. The lowest BCUT2D eigenvalue weighted by Crippen LogP contribution is -2.46. The molecule has 0 aromatic carbocycles. The molecule has 4 bridgehead atoms. The number of nitrogens with two attached hydrogens (primary N) is 1. The molecular formula is C16H23N3O. The van der Waals surface area contributed by atoms with Gasteiger partial charge in [0.05, 0.1) is 0 Å². The number of allylic oxidation sites excluding steroid dienone is 1. The molecule has 1 aromatic heterocycles. The molecule has 4 aliphatic rings. The number of nitrogens with zero attached hydrogens (tertiary/aromatic N) is 2. The molecule has 1 aromatic rings. The van der Waals surface area contributed by atoms with Crippen LogP contribution in [0.1, 0.15) is 50.3 Å². The number of hydrogen-bond donors (Lipinski definition) is 1. The molecule has 0 saturated heterocycles. The Morgan fingerprint density at radius 2 is 1.75 bits per heavy atom. The van der Waals surface area contributed by atoms with Gasteiger partial charge in [-0.25, -0.2) is 0 Å². The molecule has 4 fully saturated rings. The molecule has 0 aliphatic heterocycles. The van der Waals surface area contributed by atoms with Crippen LogP contribution in [-0.2, 0) is 6.42 Å². The molecule has 4 heteroatoms. The number of rotatable bonds is 4. The Kier molecular flexibility index (Phi) is 2.78. The zero-order chi connectivity index (χ0) is 13.7. The van der Waals surface area contributed by atoms with E-state index in [2.05, 4.69) is 16.8 Å². The zero-order valence-corrected chi connectivity index (χ0v) is 12.0. The fraction of sp³-hybridized carbons (Fsp3) is 0.750. The maximum atomic E-state index is 5.77. The van der Waals surface area contributed by atoms with Gasteiger partial charge in [0.1, 0.15) is 0 Å². The lowest BCUT2D eigenvalue weighted by atomic mass is 9.48. The first kappa shape index (κ1) is 12.6. The standard InChI is InChI=1S/C16H23N3O/c1-10(15-19-18-14(20-15)2-3-17)16-7-11-4-12(8-16)6-13(5-11)9-16/h11-13H,1-9,17H2. The number of hydrogen-bond acceptors (Lipinski definition) is 4. The second kappa shape index (κ2) is 4.42. The maximum absolute atomic E-state index is 5.77. The van der Waals surface area contributed by atoms with Gasteiger partial charge in [0, 0.05) is 24.0 Å². The van der Waals surface area contributed by atoms with Crippen LogP contribution in [0.25, 0.3) is 5.57 Å². The van der Waals surface area contributed by atoms with Crippen molar-refractivity contribution in [2.24, 2.45) is 28.9 Å². The van der Waals surface area contributed by atoms with E-state index in [1.807, 2.05) is 0 Å². The first-order valence-electron chi connectivity index (χ1n) is 7.91. The monoisotopic (exact) mass is 273 g/mol. The minimum Gasteiger partial charge on any atom is -0.421 e. The van der Waals surface area contributed by atoms with E-state index >= 15 is 0 Å². The largest absolute Gasteiger partial charge is 0.421 e. The Balaban J connectivity index is 1.61. The van der Waals surface area contributed by atoms with Crippen LogP contribution in [0.2, 0.25) is 0 Å². The third-order valence-electron chi connectivity index (χ3n) is 5.76. The summed E-state index contributed by atoms with van der Waals surface area (Å²) in [6, 6.07) is 0. The third kappa shape index (κ3) is 1.85. The summed E-state index contributed by atoms with van der Waals surface area (Å²) in [5.74, 6) is 4.03. The highest BCUT2D eigenvalue weighted by Gasteiger charge is 2.53. The Morgan fingerprint density at radius 1 is 1.15 bits per heavy atom. The van der Waals surface area contributed by atoms with Crippen molar-refractivity contribution >= 4 is 5.57 Å². The van der Waals surface area contributed by atoms with Crippen LogP contribution >= 0.6 is 0 Å². The highest BCUT2D eigenvalue weighted by atomic mass is 16.4. The SMILES string of the molecule is C=C(c1nnc(CCN)o1)C12CC3CC(CC(C3)C1)C2. The molecule has 4 aliphatic carbocycles. The first-order valence-corrected chi connectivity index (χ1v) is 7.91. The van der Waals surface area contributed by atoms with E-state index in [0.717, 1.165) is 23.3 Å². The summed E-state index contributed by atoms with van der Waals surface area (Å²) in [6.07, 6.45) is 8.82. The van der Waals surface area contributed by atoms with Crippen LogP contribution in [0.15, 0.2) is 11.0 Å². The van der Waals surface area contributed by atoms with Gasteiger partial charge in [-0.15, -0.1) is 10.2 Å². The zero-order valence-electron chi connectivity index (χ0n) is 12.0. The summed E-state index contributed by atoms with van der Waals surface area (Å²) in [5, 5.41) is 8.32. The van der Waals surface area contributed by atoms with Crippen molar-refractivity contribution in [2.45, 2.75) is 44.9 Å². The quantitative estimate of drug-likeness (QED) is 0.916.